The molecular weight excluding hydrogens is 184 g/mol. The molecule has 6 heteroatoms. The van der Waals surface area contributed by atoms with Crippen LogP contribution in [0.5, 0.6) is 0 Å². The first-order chi connectivity index (χ1) is 6.76. The van der Waals surface area contributed by atoms with Crippen LogP contribution in [0.4, 0.5) is 5.82 Å². The van der Waals surface area contributed by atoms with Gasteiger partial charge in [-0.15, -0.1) is 0 Å². The fourth-order valence-electron chi connectivity index (χ4n) is 0.764. The molecule has 0 aromatic carbocycles. The van der Waals surface area contributed by atoms with Crippen molar-refractivity contribution in [1.82, 2.24) is 9.97 Å². The maximum Gasteiger partial charge on any atom is 0.158 e. The summed E-state index contributed by atoms with van der Waals surface area (Å²) in [6, 6.07) is 1.84. The molecule has 3 N–H and O–H groups in total. The van der Waals surface area contributed by atoms with E-state index >= 15 is 0 Å². The lowest BCUT2D eigenvalue weighted by Crippen LogP contribution is -2.23. The molecule has 14 heavy (non-hydrogen) atoms. The molecule has 0 bridgehead atoms. The van der Waals surface area contributed by atoms with Crippen molar-refractivity contribution < 1.29 is 10.2 Å². The Kier molecular flexibility index (Phi) is 3.79. The second-order valence-electron chi connectivity index (χ2n) is 2.62. The van der Waals surface area contributed by atoms with Gasteiger partial charge in [-0.25, -0.2) is 9.97 Å². The quantitative estimate of drug-likeness (QED) is 0.575. The molecule has 6 nitrogen and oxygen atoms in total. The van der Waals surface area contributed by atoms with E-state index in [-0.39, 0.29) is 18.8 Å². The van der Waals surface area contributed by atoms with Gasteiger partial charge in [0.1, 0.15) is 11.9 Å². The molecule has 0 fully saturated rings. The Morgan fingerprint density at radius 3 is 2.79 bits per heavy atom. The van der Waals surface area contributed by atoms with Crippen LogP contribution < -0.4 is 5.32 Å². The summed E-state index contributed by atoms with van der Waals surface area (Å²) in [5.74, 6) is 0.455. The predicted molar refractivity (Wildman–Crippen MR) is 48.3 cm³/mol. The number of hydrogen-bond donors (Lipinski definition) is 3. The maximum atomic E-state index is 9.01. The summed E-state index contributed by atoms with van der Waals surface area (Å²) in [7, 11) is 0. The third-order valence-corrected chi connectivity index (χ3v) is 1.50. The van der Waals surface area contributed by atoms with Crippen molar-refractivity contribution in [2.24, 2.45) is 0 Å². The van der Waals surface area contributed by atoms with Crippen LogP contribution in [-0.2, 0) is 0 Å². The molecule has 0 aliphatic carbocycles. The Hall–Kier alpha value is -1.71. The second kappa shape index (κ2) is 5.11. The third kappa shape index (κ3) is 2.97. The van der Waals surface area contributed by atoms with Gasteiger partial charge in [0.05, 0.1) is 25.1 Å². The molecule has 1 unspecified atom stereocenters. The van der Waals surface area contributed by atoms with Crippen LogP contribution in [-0.4, -0.2) is 39.4 Å². The van der Waals surface area contributed by atoms with Crippen molar-refractivity contribution in [3.63, 3.8) is 0 Å². The highest BCUT2D eigenvalue weighted by molar-refractivity contribution is 5.33. The zero-order chi connectivity index (χ0) is 10.4. The summed E-state index contributed by atoms with van der Waals surface area (Å²) in [6.07, 6.45) is 1.89. The molecule has 0 saturated carbocycles. The Bertz CT molecular complexity index is 319. The van der Waals surface area contributed by atoms with Crippen LogP contribution >= 0.6 is 0 Å². The molecule has 1 aromatic rings. The number of hydrogen-bond acceptors (Lipinski definition) is 6. The zero-order valence-corrected chi connectivity index (χ0v) is 7.38. The van der Waals surface area contributed by atoms with Gasteiger partial charge in [-0.1, -0.05) is 0 Å². The van der Waals surface area contributed by atoms with Crippen molar-refractivity contribution >= 4 is 5.82 Å². The molecule has 0 aliphatic rings. The van der Waals surface area contributed by atoms with Crippen LogP contribution in [0.2, 0.25) is 0 Å². The van der Waals surface area contributed by atoms with E-state index in [2.05, 4.69) is 15.3 Å². The van der Waals surface area contributed by atoms with E-state index in [9.17, 15) is 0 Å². The van der Waals surface area contributed by atoms with E-state index in [0.717, 1.165) is 0 Å². The number of nitrogens with zero attached hydrogens (tertiary/aromatic N) is 3. The first-order valence-electron chi connectivity index (χ1n) is 4.01. The number of anilines is 1. The van der Waals surface area contributed by atoms with Gasteiger partial charge in [-0.05, 0) is 0 Å². The summed E-state index contributed by atoms with van der Waals surface area (Å²) < 4.78 is 0. The van der Waals surface area contributed by atoms with Crippen molar-refractivity contribution in [3.8, 4) is 6.07 Å². The summed E-state index contributed by atoms with van der Waals surface area (Å²) in [6.45, 7) is -0.117. The second-order valence-corrected chi connectivity index (χ2v) is 2.62. The van der Waals surface area contributed by atoms with Gasteiger partial charge < -0.3 is 15.5 Å². The van der Waals surface area contributed by atoms with Crippen molar-refractivity contribution in [2.75, 3.05) is 18.5 Å². The Morgan fingerprint density at radius 2 is 2.29 bits per heavy atom. The van der Waals surface area contributed by atoms with Crippen molar-refractivity contribution in [3.05, 3.63) is 18.1 Å². The highest BCUT2D eigenvalue weighted by atomic mass is 16.3. The van der Waals surface area contributed by atoms with Crippen molar-refractivity contribution in [2.45, 2.75) is 6.10 Å². The standard InChI is InChI=1S/C8H10N4O2/c9-1-6-2-11-8(4-10-6)12-3-7(14)5-13/h2,4,7,13-14H,3,5H2,(H,11,12). The van der Waals surface area contributed by atoms with Gasteiger partial charge >= 0.3 is 0 Å². The molecular formula is C8H10N4O2. The first-order valence-corrected chi connectivity index (χ1v) is 4.01. The van der Waals surface area contributed by atoms with E-state index in [1.807, 2.05) is 6.07 Å². The molecule has 0 radical (unpaired) electrons. The molecule has 0 aliphatic heterocycles. The molecule has 0 amide bonds. The number of nitrogens with one attached hydrogen (secondary N) is 1. The summed E-state index contributed by atoms with van der Waals surface area (Å²) in [5, 5.41) is 28.7. The van der Waals surface area contributed by atoms with Crippen LogP contribution in [0.1, 0.15) is 5.69 Å². The molecule has 0 spiro atoms. The van der Waals surface area contributed by atoms with E-state index in [1.54, 1.807) is 0 Å². The van der Waals surface area contributed by atoms with E-state index in [4.69, 9.17) is 15.5 Å². The number of aliphatic hydroxyl groups excluding tert-OH is 2. The Balaban J connectivity index is 2.49. The van der Waals surface area contributed by atoms with Gasteiger partial charge in [0.25, 0.3) is 0 Å². The summed E-state index contributed by atoms with van der Waals surface area (Å²) in [5.41, 5.74) is 0.234. The highest BCUT2D eigenvalue weighted by Gasteiger charge is 2.01. The normalized spacial score (nSPS) is 11.8. The SMILES string of the molecule is N#Cc1cnc(NCC(O)CO)cn1. The molecule has 1 heterocycles. The highest BCUT2D eigenvalue weighted by Crippen LogP contribution is 1.99. The van der Waals surface area contributed by atoms with Crippen LogP contribution in [0.25, 0.3) is 0 Å². The minimum atomic E-state index is -0.826. The molecule has 1 atom stereocenters. The lowest BCUT2D eigenvalue weighted by molar-refractivity contribution is 0.105. The number of aromatic nitrogens is 2. The average molecular weight is 194 g/mol. The minimum Gasteiger partial charge on any atom is -0.394 e. The molecule has 1 aromatic heterocycles. The minimum absolute atomic E-state index is 0.192. The predicted octanol–water partition coefficient (Wildman–Crippen LogP) is -0.887. The van der Waals surface area contributed by atoms with E-state index in [1.165, 1.54) is 12.4 Å². The lowest BCUT2D eigenvalue weighted by Gasteiger charge is -2.08. The van der Waals surface area contributed by atoms with Gasteiger partial charge in [0.2, 0.25) is 0 Å². The zero-order valence-electron chi connectivity index (χ0n) is 7.38. The van der Waals surface area contributed by atoms with E-state index in [0.29, 0.717) is 5.82 Å². The summed E-state index contributed by atoms with van der Waals surface area (Å²) >= 11 is 0. The molecule has 1 rings (SSSR count). The fraction of sp³-hybridized carbons (Fsp3) is 0.375. The largest absolute Gasteiger partial charge is 0.394 e. The van der Waals surface area contributed by atoms with Gasteiger partial charge in [0, 0.05) is 6.54 Å². The Labute approximate surface area is 80.9 Å². The topological polar surface area (TPSA) is 102 Å². The van der Waals surface area contributed by atoms with Gasteiger partial charge in [-0.3, -0.25) is 0 Å². The number of aliphatic hydroxyl groups is 2. The number of rotatable bonds is 4. The molecule has 0 saturated heterocycles. The van der Waals surface area contributed by atoms with Gasteiger partial charge in [-0.2, -0.15) is 5.26 Å². The average Bonchev–Trinajstić information content (AvgIpc) is 2.26. The third-order valence-electron chi connectivity index (χ3n) is 1.50. The Morgan fingerprint density at radius 1 is 1.50 bits per heavy atom. The monoisotopic (exact) mass is 194 g/mol. The summed E-state index contributed by atoms with van der Waals surface area (Å²) in [4.78, 5) is 7.64. The van der Waals surface area contributed by atoms with Crippen LogP contribution in [0.3, 0.4) is 0 Å². The smallest absolute Gasteiger partial charge is 0.158 e. The van der Waals surface area contributed by atoms with Crippen LogP contribution in [0.15, 0.2) is 12.4 Å². The molecule has 74 valence electrons. The first kappa shape index (κ1) is 10.4. The number of nitriles is 1. The maximum absolute atomic E-state index is 9.01. The lowest BCUT2D eigenvalue weighted by atomic mass is 10.4. The fourth-order valence-corrected chi connectivity index (χ4v) is 0.764. The van der Waals surface area contributed by atoms with Crippen molar-refractivity contribution in [1.29, 1.82) is 5.26 Å². The van der Waals surface area contributed by atoms with Crippen LogP contribution in [0, 0.1) is 11.3 Å². The van der Waals surface area contributed by atoms with Gasteiger partial charge in [0.15, 0.2) is 5.69 Å². The van der Waals surface area contributed by atoms with E-state index < -0.39 is 6.10 Å².